The highest BCUT2D eigenvalue weighted by atomic mass is 15.0. The molecule has 3 aromatic carbocycles. The lowest BCUT2D eigenvalue weighted by atomic mass is 9.50. The zero-order valence-corrected chi connectivity index (χ0v) is 19.2. The van der Waals surface area contributed by atoms with Crippen molar-refractivity contribution in [2.24, 2.45) is 23.7 Å². The Kier molecular flexibility index (Phi) is 4.16. The highest BCUT2D eigenvalue weighted by Crippen LogP contribution is 2.60. The van der Waals surface area contributed by atoms with Gasteiger partial charge < -0.3 is 4.57 Å². The summed E-state index contributed by atoms with van der Waals surface area (Å²) in [5, 5.41) is 2.79. The van der Waals surface area contributed by atoms with E-state index >= 15 is 0 Å². The Labute approximate surface area is 186 Å². The summed E-state index contributed by atoms with van der Waals surface area (Å²) < 4.78 is 2.57. The first-order valence-electron chi connectivity index (χ1n) is 12.2. The molecule has 4 aromatic rings. The molecule has 2 heterocycles. The van der Waals surface area contributed by atoms with Crippen molar-refractivity contribution in [3.8, 4) is 5.69 Å². The predicted octanol–water partition coefficient (Wildman–Crippen LogP) is 8.11. The molecule has 4 unspecified atom stereocenters. The van der Waals surface area contributed by atoms with Crippen LogP contribution in [-0.2, 0) is 5.41 Å². The molecule has 2 aliphatic rings. The lowest BCUT2D eigenvalue weighted by molar-refractivity contribution is 0.0970. The second-order valence-electron chi connectivity index (χ2n) is 10.7. The van der Waals surface area contributed by atoms with Crippen molar-refractivity contribution in [1.82, 2.24) is 4.57 Å². The van der Waals surface area contributed by atoms with E-state index in [9.17, 15) is 0 Å². The summed E-state index contributed by atoms with van der Waals surface area (Å²) in [5.41, 5.74) is 7.42. The van der Waals surface area contributed by atoms with Gasteiger partial charge in [0.05, 0.1) is 16.7 Å². The average Bonchev–Trinajstić information content (AvgIpc) is 3.09. The standard InChI is InChI=1S/C30H33N/c1-19(2)16-22-18-20(3)17-21(4)30(22)25-12-6-8-15-28(25)31-27-14-7-5-10-23(27)24-11-9-13-26(30)29(24)31/h5-15,19-22H,16-18H2,1-4H3. The second kappa shape index (κ2) is 6.73. The molecular formula is C30H33N. The minimum atomic E-state index is 0.0945. The van der Waals surface area contributed by atoms with Gasteiger partial charge in [0.15, 0.2) is 0 Å². The molecule has 0 bridgehead atoms. The van der Waals surface area contributed by atoms with Gasteiger partial charge in [-0.2, -0.15) is 0 Å². The molecule has 4 atom stereocenters. The Balaban J connectivity index is 1.80. The minimum absolute atomic E-state index is 0.0945. The number of para-hydroxylation sites is 3. The molecule has 0 radical (unpaired) electrons. The van der Waals surface area contributed by atoms with Crippen LogP contribution in [0.3, 0.4) is 0 Å². The van der Waals surface area contributed by atoms with Crippen LogP contribution in [0.5, 0.6) is 0 Å². The van der Waals surface area contributed by atoms with Gasteiger partial charge in [-0.05, 0) is 66.2 Å². The van der Waals surface area contributed by atoms with Gasteiger partial charge in [-0.3, -0.25) is 0 Å². The molecule has 0 amide bonds. The number of benzene rings is 3. The predicted molar refractivity (Wildman–Crippen MR) is 132 cm³/mol. The summed E-state index contributed by atoms with van der Waals surface area (Å²) in [6.45, 7) is 9.83. The Morgan fingerprint density at radius 3 is 2.39 bits per heavy atom. The Morgan fingerprint density at radius 1 is 0.839 bits per heavy atom. The molecule has 1 fully saturated rings. The van der Waals surface area contributed by atoms with Crippen molar-refractivity contribution in [3.63, 3.8) is 0 Å². The largest absolute Gasteiger partial charge is 0.309 e. The van der Waals surface area contributed by atoms with Crippen LogP contribution in [0.15, 0.2) is 66.7 Å². The molecule has 1 saturated carbocycles. The van der Waals surface area contributed by atoms with E-state index in [0.29, 0.717) is 17.8 Å². The zero-order chi connectivity index (χ0) is 21.3. The number of hydrogen-bond donors (Lipinski definition) is 0. The smallest absolute Gasteiger partial charge is 0.0582 e. The van der Waals surface area contributed by atoms with E-state index in [-0.39, 0.29) is 5.41 Å². The molecule has 0 N–H and O–H groups in total. The molecule has 1 aliphatic carbocycles. The Morgan fingerprint density at radius 2 is 1.55 bits per heavy atom. The van der Waals surface area contributed by atoms with Crippen LogP contribution in [0.25, 0.3) is 27.5 Å². The van der Waals surface area contributed by atoms with E-state index in [1.807, 2.05) is 0 Å². The van der Waals surface area contributed by atoms with E-state index in [1.54, 1.807) is 11.1 Å². The third-order valence-electron chi connectivity index (χ3n) is 8.35. The molecular weight excluding hydrogens is 374 g/mol. The van der Waals surface area contributed by atoms with Crippen LogP contribution < -0.4 is 0 Å². The molecule has 158 valence electrons. The maximum absolute atomic E-state index is 2.57. The van der Waals surface area contributed by atoms with Crippen LogP contribution in [0.4, 0.5) is 0 Å². The molecule has 1 nitrogen and oxygen atoms in total. The van der Waals surface area contributed by atoms with Gasteiger partial charge >= 0.3 is 0 Å². The SMILES string of the molecule is CC(C)CC1CC(C)CC(C)C12c1ccccc1-n1c3ccccc3c3cccc2c31. The summed E-state index contributed by atoms with van der Waals surface area (Å²) >= 11 is 0. The van der Waals surface area contributed by atoms with Crippen molar-refractivity contribution < 1.29 is 0 Å². The normalized spacial score (nSPS) is 27.3. The summed E-state index contributed by atoms with van der Waals surface area (Å²) in [4.78, 5) is 0. The molecule has 1 aromatic heterocycles. The van der Waals surface area contributed by atoms with Crippen molar-refractivity contribution >= 4 is 21.8 Å². The van der Waals surface area contributed by atoms with Gasteiger partial charge in [0.2, 0.25) is 0 Å². The molecule has 0 saturated heterocycles. The summed E-state index contributed by atoms with van der Waals surface area (Å²) in [6, 6.07) is 25.4. The van der Waals surface area contributed by atoms with Gasteiger partial charge in [-0.1, -0.05) is 82.3 Å². The number of fused-ring (bicyclic) bond motifs is 7. The fourth-order valence-corrected chi connectivity index (χ4v) is 7.55. The van der Waals surface area contributed by atoms with E-state index in [4.69, 9.17) is 0 Å². The Bertz CT molecular complexity index is 1290. The highest BCUT2D eigenvalue weighted by molar-refractivity contribution is 6.11. The number of nitrogens with zero attached hydrogens (tertiary/aromatic N) is 1. The van der Waals surface area contributed by atoms with Crippen molar-refractivity contribution in [1.29, 1.82) is 0 Å². The van der Waals surface area contributed by atoms with E-state index < -0.39 is 0 Å². The maximum Gasteiger partial charge on any atom is 0.0582 e. The third-order valence-corrected chi connectivity index (χ3v) is 8.35. The summed E-state index contributed by atoms with van der Waals surface area (Å²) in [5.74, 6) is 2.80. The summed E-state index contributed by atoms with van der Waals surface area (Å²) in [7, 11) is 0. The first-order valence-corrected chi connectivity index (χ1v) is 12.2. The molecule has 1 spiro atoms. The third kappa shape index (κ3) is 2.44. The van der Waals surface area contributed by atoms with Gasteiger partial charge in [-0.15, -0.1) is 0 Å². The second-order valence-corrected chi connectivity index (χ2v) is 10.7. The summed E-state index contributed by atoms with van der Waals surface area (Å²) in [6.07, 6.45) is 3.92. The first-order chi connectivity index (χ1) is 15.0. The lowest BCUT2D eigenvalue weighted by Gasteiger charge is -2.54. The van der Waals surface area contributed by atoms with Crippen molar-refractivity contribution in [2.75, 3.05) is 0 Å². The lowest BCUT2D eigenvalue weighted by Crippen LogP contribution is -2.49. The van der Waals surface area contributed by atoms with Crippen LogP contribution in [0.1, 0.15) is 58.1 Å². The molecule has 1 heteroatoms. The van der Waals surface area contributed by atoms with Crippen LogP contribution >= 0.6 is 0 Å². The van der Waals surface area contributed by atoms with Gasteiger partial charge in [0.25, 0.3) is 0 Å². The van der Waals surface area contributed by atoms with E-state index in [1.165, 1.54) is 46.8 Å². The van der Waals surface area contributed by atoms with E-state index in [0.717, 1.165) is 5.92 Å². The molecule has 31 heavy (non-hydrogen) atoms. The number of rotatable bonds is 2. The number of hydrogen-bond acceptors (Lipinski definition) is 0. The fraction of sp³-hybridized carbons (Fsp3) is 0.400. The van der Waals surface area contributed by atoms with Crippen LogP contribution in [0, 0.1) is 23.7 Å². The van der Waals surface area contributed by atoms with Crippen molar-refractivity contribution in [3.05, 3.63) is 77.9 Å². The maximum atomic E-state index is 2.57. The quantitative estimate of drug-likeness (QED) is 0.316. The molecule has 6 rings (SSSR count). The van der Waals surface area contributed by atoms with Gasteiger partial charge in [0.1, 0.15) is 0 Å². The highest BCUT2D eigenvalue weighted by Gasteiger charge is 2.53. The first kappa shape index (κ1) is 19.2. The van der Waals surface area contributed by atoms with Gasteiger partial charge in [0, 0.05) is 16.2 Å². The zero-order valence-electron chi connectivity index (χ0n) is 19.2. The Hall–Kier alpha value is -2.54. The van der Waals surface area contributed by atoms with Crippen molar-refractivity contribution in [2.45, 2.75) is 52.4 Å². The van der Waals surface area contributed by atoms with Crippen LogP contribution in [0.2, 0.25) is 0 Å². The van der Waals surface area contributed by atoms with Gasteiger partial charge in [-0.25, -0.2) is 0 Å². The minimum Gasteiger partial charge on any atom is -0.309 e. The van der Waals surface area contributed by atoms with E-state index in [2.05, 4.69) is 99.0 Å². The molecule has 1 aliphatic heterocycles. The number of aromatic nitrogens is 1. The monoisotopic (exact) mass is 407 g/mol. The average molecular weight is 408 g/mol. The van der Waals surface area contributed by atoms with Crippen LogP contribution in [-0.4, -0.2) is 4.57 Å². The fourth-order valence-electron chi connectivity index (χ4n) is 7.55. The topological polar surface area (TPSA) is 4.93 Å².